The fourth-order valence-corrected chi connectivity index (χ4v) is 1.96. The van der Waals surface area contributed by atoms with Gasteiger partial charge in [-0.2, -0.15) is 0 Å². The Hall–Kier alpha value is -1.10. The fourth-order valence-electron chi connectivity index (χ4n) is 1.96. The second-order valence-electron chi connectivity index (χ2n) is 4.62. The molecule has 17 heavy (non-hydrogen) atoms. The van der Waals surface area contributed by atoms with Crippen molar-refractivity contribution in [3.63, 3.8) is 0 Å². The van der Waals surface area contributed by atoms with E-state index in [0.717, 1.165) is 25.7 Å². The van der Waals surface area contributed by atoms with Gasteiger partial charge in [0.25, 0.3) is 0 Å². The third kappa shape index (κ3) is 5.17. The van der Waals surface area contributed by atoms with Crippen LogP contribution in [0.4, 0.5) is 0 Å². The van der Waals surface area contributed by atoms with Gasteiger partial charge in [-0.3, -0.25) is 9.59 Å². The minimum atomic E-state index is -0.141. The van der Waals surface area contributed by atoms with E-state index in [0.29, 0.717) is 12.6 Å². The molecule has 98 valence electrons. The van der Waals surface area contributed by atoms with Gasteiger partial charge in [-0.25, -0.2) is 0 Å². The van der Waals surface area contributed by atoms with Gasteiger partial charge in [0.2, 0.25) is 11.8 Å². The second kappa shape index (κ2) is 7.27. The van der Waals surface area contributed by atoms with E-state index in [-0.39, 0.29) is 24.4 Å². The zero-order chi connectivity index (χ0) is 12.7. The van der Waals surface area contributed by atoms with Crippen molar-refractivity contribution in [2.75, 3.05) is 13.1 Å². The summed E-state index contributed by atoms with van der Waals surface area (Å²) < 4.78 is 0. The first kappa shape index (κ1) is 14.0. The first-order chi connectivity index (χ1) is 8.13. The minimum absolute atomic E-state index is 0.0665. The summed E-state index contributed by atoms with van der Waals surface area (Å²) in [6.45, 7) is 4.80. The maximum Gasteiger partial charge on any atom is 0.239 e. The van der Waals surface area contributed by atoms with Gasteiger partial charge in [0.05, 0.1) is 12.6 Å². The van der Waals surface area contributed by atoms with Crippen LogP contribution < -0.4 is 16.0 Å². The quantitative estimate of drug-likeness (QED) is 0.642. The monoisotopic (exact) mass is 241 g/mol. The average Bonchev–Trinajstić information content (AvgIpc) is 2.33. The molecule has 2 unspecified atom stereocenters. The van der Waals surface area contributed by atoms with Crippen LogP contribution in [0.5, 0.6) is 0 Å². The van der Waals surface area contributed by atoms with Crippen molar-refractivity contribution in [2.24, 2.45) is 0 Å². The van der Waals surface area contributed by atoms with Crippen molar-refractivity contribution in [3.05, 3.63) is 0 Å². The normalized spacial score (nSPS) is 24.1. The Morgan fingerprint density at radius 2 is 2.06 bits per heavy atom. The third-order valence-corrected chi connectivity index (χ3v) is 2.93. The van der Waals surface area contributed by atoms with Crippen LogP contribution >= 0.6 is 0 Å². The van der Waals surface area contributed by atoms with Crippen LogP contribution in [-0.2, 0) is 9.59 Å². The maximum atomic E-state index is 11.8. The highest BCUT2D eigenvalue weighted by molar-refractivity contribution is 5.87. The zero-order valence-corrected chi connectivity index (χ0v) is 10.7. The molecule has 0 aromatic carbocycles. The number of hydrogen-bond acceptors (Lipinski definition) is 3. The van der Waals surface area contributed by atoms with Gasteiger partial charge in [-0.15, -0.1) is 0 Å². The van der Waals surface area contributed by atoms with E-state index in [4.69, 9.17) is 0 Å². The van der Waals surface area contributed by atoms with Gasteiger partial charge >= 0.3 is 0 Å². The molecule has 1 saturated heterocycles. The molecule has 1 rings (SSSR count). The molecule has 0 spiro atoms. The van der Waals surface area contributed by atoms with Crippen LogP contribution in [0.15, 0.2) is 0 Å². The van der Waals surface area contributed by atoms with Crippen molar-refractivity contribution in [3.8, 4) is 0 Å². The van der Waals surface area contributed by atoms with Gasteiger partial charge in [-0.05, 0) is 32.6 Å². The van der Waals surface area contributed by atoms with Crippen LogP contribution in [0.1, 0.15) is 39.5 Å². The highest BCUT2D eigenvalue weighted by atomic mass is 16.2. The highest BCUT2D eigenvalue weighted by Gasteiger charge is 2.23. The Bertz CT molecular complexity index is 268. The Labute approximate surface area is 103 Å². The number of rotatable bonds is 5. The first-order valence-corrected chi connectivity index (χ1v) is 6.44. The predicted octanol–water partition coefficient (Wildman–Crippen LogP) is 0.159. The number of carbonyl (C=O) groups is 2. The molecule has 0 aliphatic carbocycles. The molecule has 1 heterocycles. The van der Waals surface area contributed by atoms with Gasteiger partial charge in [-0.1, -0.05) is 6.92 Å². The highest BCUT2D eigenvalue weighted by Crippen LogP contribution is 2.11. The summed E-state index contributed by atoms with van der Waals surface area (Å²) >= 11 is 0. The largest absolute Gasteiger partial charge is 0.355 e. The molecule has 1 aliphatic heterocycles. The topological polar surface area (TPSA) is 70.2 Å². The molecule has 0 bridgehead atoms. The van der Waals surface area contributed by atoms with Crippen LogP contribution in [0, 0.1) is 0 Å². The summed E-state index contributed by atoms with van der Waals surface area (Å²) in [5.41, 5.74) is 0. The molecule has 1 aliphatic rings. The van der Waals surface area contributed by atoms with E-state index in [1.54, 1.807) is 0 Å². The molecule has 0 radical (unpaired) electrons. The van der Waals surface area contributed by atoms with E-state index in [1.807, 2.05) is 6.92 Å². The van der Waals surface area contributed by atoms with Gasteiger partial charge in [0.15, 0.2) is 0 Å². The molecule has 3 N–H and O–H groups in total. The molecule has 5 nitrogen and oxygen atoms in total. The standard InChI is InChI=1S/C12H23N3O2/c1-3-7-13-11(16)8-14-12(17)10-6-4-5-9(2)15-10/h9-10,15H,3-8H2,1-2H3,(H,13,16)(H,14,17). The van der Waals surface area contributed by atoms with Crippen LogP contribution in [0.2, 0.25) is 0 Å². The lowest BCUT2D eigenvalue weighted by atomic mass is 9.99. The Kier molecular flexibility index (Phi) is 5.97. The molecule has 5 heteroatoms. The average molecular weight is 241 g/mol. The third-order valence-electron chi connectivity index (χ3n) is 2.93. The van der Waals surface area contributed by atoms with E-state index in [2.05, 4.69) is 22.9 Å². The smallest absolute Gasteiger partial charge is 0.239 e. The molecule has 2 atom stereocenters. The van der Waals surface area contributed by atoms with Crippen molar-refractivity contribution >= 4 is 11.8 Å². The van der Waals surface area contributed by atoms with Crippen LogP contribution in [0.3, 0.4) is 0 Å². The van der Waals surface area contributed by atoms with Crippen molar-refractivity contribution < 1.29 is 9.59 Å². The predicted molar refractivity (Wildman–Crippen MR) is 66.5 cm³/mol. The van der Waals surface area contributed by atoms with Gasteiger partial charge < -0.3 is 16.0 Å². The number of amides is 2. The lowest BCUT2D eigenvalue weighted by Gasteiger charge is -2.27. The number of carbonyl (C=O) groups excluding carboxylic acids is 2. The molecule has 0 saturated carbocycles. The van der Waals surface area contributed by atoms with E-state index in [1.165, 1.54) is 0 Å². The van der Waals surface area contributed by atoms with Gasteiger partial charge in [0.1, 0.15) is 0 Å². The Morgan fingerprint density at radius 1 is 1.29 bits per heavy atom. The SMILES string of the molecule is CCCNC(=O)CNC(=O)C1CCCC(C)N1. The fraction of sp³-hybridized carbons (Fsp3) is 0.833. The lowest BCUT2D eigenvalue weighted by molar-refractivity contribution is -0.127. The van der Waals surface area contributed by atoms with Crippen LogP contribution in [0.25, 0.3) is 0 Å². The first-order valence-electron chi connectivity index (χ1n) is 6.44. The maximum absolute atomic E-state index is 11.8. The summed E-state index contributed by atoms with van der Waals surface area (Å²) in [6.07, 6.45) is 3.93. The summed E-state index contributed by atoms with van der Waals surface area (Å²) in [6, 6.07) is 0.242. The molecular weight excluding hydrogens is 218 g/mol. The molecule has 2 amide bonds. The number of hydrogen-bond donors (Lipinski definition) is 3. The van der Waals surface area contributed by atoms with Crippen LogP contribution in [-0.4, -0.2) is 37.0 Å². The summed E-state index contributed by atoms with van der Waals surface area (Å²) in [7, 11) is 0. The molecule has 0 aromatic rings. The lowest BCUT2D eigenvalue weighted by Crippen LogP contribution is -2.51. The number of piperidine rings is 1. The summed E-state index contributed by atoms with van der Waals surface area (Å²) in [5.74, 6) is -0.188. The van der Waals surface area contributed by atoms with E-state index in [9.17, 15) is 9.59 Å². The summed E-state index contributed by atoms with van der Waals surface area (Å²) in [4.78, 5) is 23.1. The summed E-state index contributed by atoms with van der Waals surface area (Å²) in [5, 5.41) is 8.63. The number of nitrogens with one attached hydrogen (secondary N) is 3. The molecular formula is C12H23N3O2. The molecule has 0 aromatic heterocycles. The second-order valence-corrected chi connectivity index (χ2v) is 4.62. The zero-order valence-electron chi connectivity index (χ0n) is 10.7. The van der Waals surface area contributed by atoms with Crippen molar-refractivity contribution in [2.45, 2.75) is 51.6 Å². The molecule has 1 fully saturated rings. The van der Waals surface area contributed by atoms with Crippen molar-refractivity contribution in [1.82, 2.24) is 16.0 Å². The van der Waals surface area contributed by atoms with E-state index < -0.39 is 0 Å². The Balaban J connectivity index is 2.22. The Morgan fingerprint density at radius 3 is 2.71 bits per heavy atom. The van der Waals surface area contributed by atoms with Gasteiger partial charge in [0, 0.05) is 12.6 Å². The minimum Gasteiger partial charge on any atom is -0.355 e. The van der Waals surface area contributed by atoms with E-state index >= 15 is 0 Å². The van der Waals surface area contributed by atoms with Crippen molar-refractivity contribution in [1.29, 1.82) is 0 Å².